The number of nitrogens with zero attached hydrogens (tertiary/aromatic N) is 1. The Balaban J connectivity index is 2.06. The van der Waals surface area contributed by atoms with E-state index in [0.717, 1.165) is 16.7 Å². The summed E-state index contributed by atoms with van der Waals surface area (Å²) in [5.41, 5.74) is 3.03. The maximum Gasteiger partial charge on any atom is 0.242 e. The van der Waals surface area contributed by atoms with E-state index >= 15 is 0 Å². The van der Waals surface area contributed by atoms with Gasteiger partial charge in [0.1, 0.15) is 6.04 Å². The predicted molar refractivity (Wildman–Crippen MR) is 118 cm³/mol. The van der Waals surface area contributed by atoms with Gasteiger partial charge in [-0.1, -0.05) is 59.1 Å². The van der Waals surface area contributed by atoms with Crippen LogP contribution in [0.25, 0.3) is 0 Å². The number of benzene rings is 2. The van der Waals surface area contributed by atoms with Gasteiger partial charge in [-0.3, -0.25) is 9.59 Å². The highest BCUT2D eigenvalue weighted by Gasteiger charge is 2.25. The number of halogens is 2. The van der Waals surface area contributed by atoms with Crippen molar-refractivity contribution in [1.29, 1.82) is 0 Å². The highest BCUT2D eigenvalue weighted by Crippen LogP contribution is 2.25. The van der Waals surface area contributed by atoms with E-state index < -0.39 is 6.04 Å². The first kappa shape index (κ1) is 22.6. The standard InChI is InChI=1S/C21H24Cl2N2O2S/c1-14-5-4-6-16(9-14)11-25(15(2)21(27)24-3)20(26)13-28-12-17-7-8-18(22)10-19(17)23/h4-10,15H,11-13H2,1-3H3,(H,24,27). The Labute approximate surface area is 180 Å². The maximum atomic E-state index is 12.9. The Morgan fingerprint density at radius 1 is 1.18 bits per heavy atom. The maximum absolute atomic E-state index is 12.9. The average molecular weight is 439 g/mol. The van der Waals surface area contributed by atoms with Gasteiger partial charge in [-0.25, -0.2) is 0 Å². The largest absolute Gasteiger partial charge is 0.357 e. The monoisotopic (exact) mass is 438 g/mol. The van der Waals surface area contributed by atoms with Crippen molar-refractivity contribution in [2.24, 2.45) is 0 Å². The molecule has 0 fully saturated rings. The molecule has 150 valence electrons. The third-order valence-electron chi connectivity index (χ3n) is 4.35. The smallest absolute Gasteiger partial charge is 0.242 e. The SMILES string of the molecule is CNC(=O)C(C)N(Cc1cccc(C)c1)C(=O)CSCc1ccc(Cl)cc1Cl. The summed E-state index contributed by atoms with van der Waals surface area (Å²) in [5, 5.41) is 3.79. The molecule has 0 aliphatic rings. The van der Waals surface area contributed by atoms with Crippen LogP contribution in [0.5, 0.6) is 0 Å². The summed E-state index contributed by atoms with van der Waals surface area (Å²) in [6, 6.07) is 12.7. The normalized spacial score (nSPS) is 11.8. The lowest BCUT2D eigenvalue weighted by Gasteiger charge is -2.28. The third-order valence-corrected chi connectivity index (χ3v) is 5.90. The zero-order valence-corrected chi connectivity index (χ0v) is 18.5. The minimum Gasteiger partial charge on any atom is -0.357 e. The second kappa shape index (κ2) is 10.7. The summed E-state index contributed by atoms with van der Waals surface area (Å²) in [6.07, 6.45) is 0. The van der Waals surface area contributed by atoms with E-state index in [4.69, 9.17) is 23.2 Å². The van der Waals surface area contributed by atoms with E-state index in [1.807, 2.05) is 37.3 Å². The number of aryl methyl sites for hydroxylation is 1. The van der Waals surface area contributed by atoms with Crippen LogP contribution in [-0.2, 0) is 21.9 Å². The quantitative estimate of drug-likeness (QED) is 0.649. The summed E-state index contributed by atoms with van der Waals surface area (Å²) in [5.74, 6) is 0.569. The molecule has 1 atom stereocenters. The fourth-order valence-corrected chi connectivity index (χ4v) is 4.24. The number of nitrogens with one attached hydrogen (secondary N) is 1. The molecule has 1 N–H and O–H groups in total. The van der Waals surface area contributed by atoms with Crippen molar-refractivity contribution in [3.8, 4) is 0 Å². The van der Waals surface area contributed by atoms with Gasteiger partial charge in [0.2, 0.25) is 11.8 Å². The van der Waals surface area contributed by atoms with Gasteiger partial charge in [-0.15, -0.1) is 11.8 Å². The second-order valence-corrected chi connectivity index (χ2v) is 8.36. The van der Waals surface area contributed by atoms with Crippen molar-refractivity contribution in [2.45, 2.75) is 32.2 Å². The van der Waals surface area contributed by atoms with Crippen LogP contribution >= 0.6 is 35.0 Å². The molecule has 0 radical (unpaired) electrons. The minimum atomic E-state index is -0.558. The van der Waals surface area contributed by atoms with E-state index in [1.54, 1.807) is 31.0 Å². The van der Waals surface area contributed by atoms with Gasteiger partial charge in [0.25, 0.3) is 0 Å². The molecule has 0 bridgehead atoms. The van der Waals surface area contributed by atoms with Crippen LogP contribution in [0.3, 0.4) is 0 Å². The molecule has 0 saturated carbocycles. The van der Waals surface area contributed by atoms with Crippen LogP contribution in [0.2, 0.25) is 10.0 Å². The van der Waals surface area contributed by atoms with Crippen LogP contribution in [0.1, 0.15) is 23.6 Å². The summed E-state index contributed by atoms with van der Waals surface area (Å²) in [4.78, 5) is 26.7. The van der Waals surface area contributed by atoms with Crippen molar-refractivity contribution >= 4 is 46.8 Å². The van der Waals surface area contributed by atoms with Gasteiger partial charge >= 0.3 is 0 Å². The Morgan fingerprint density at radius 3 is 2.57 bits per heavy atom. The summed E-state index contributed by atoms with van der Waals surface area (Å²) in [7, 11) is 1.57. The fourth-order valence-electron chi connectivity index (χ4n) is 2.77. The van der Waals surface area contributed by atoms with E-state index in [0.29, 0.717) is 22.3 Å². The highest BCUT2D eigenvalue weighted by atomic mass is 35.5. The fraction of sp³-hybridized carbons (Fsp3) is 0.333. The number of carbonyl (C=O) groups is 2. The molecule has 28 heavy (non-hydrogen) atoms. The molecule has 2 rings (SSSR count). The lowest BCUT2D eigenvalue weighted by Crippen LogP contribution is -2.47. The van der Waals surface area contributed by atoms with Gasteiger partial charge in [-0.2, -0.15) is 0 Å². The molecule has 0 saturated heterocycles. The van der Waals surface area contributed by atoms with E-state index in [9.17, 15) is 9.59 Å². The topological polar surface area (TPSA) is 49.4 Å². The zero-order chi connectivity index (χ0) is 20.7. The molecule has 0 heterocycles. The van der Waals surface area contributed by atoms with Crippen LogP contribution in [-0.4, -0.2) is 35.6 Å². The van der Waals surface area contributed by atoms with Crippen molar-refractivity contribution in [3.05, 3.63) is 69.2 Å². The summed E-state index contributed by atoms with van der Waals surface area (Å²) in [6.45, 7) is 4.13. The first-order valence-corrected chi connectivity index (χ1v) is 10.8. The molecule has 1 unspecified atom stereocenters. The number of carbonyl (C=O) groups excluding carboxylic acids is 2. The first-order chi connectivity index (χ1) is 13.3. The zero-order valence-electron chi connectivity index (χ0n) is 16.2. The summed E-state index contributed by atoms with van der Waals surface area (Å²) < 4.78 is 0. The van der Waals surface area contributed by atoms with Crippen LogP contribution in [0, 0.1) is 6.92 Å². The van der Waals surface area contributed by atoms with Crippen molar-refractivity contribution in [1.82, 2.24) is 10.2 Å². The molecule has 2 amide bonds. The number of hydrogen-bond acceptors (Lipinski definition) is 3. The number of thioether (sulfide) groups is 1. The molecule has 4 nitrogen and oxygen atoms in total. The van der Waals surface area contributed by atoms with Crippen molar-refractivity contribution < 1.29 is 9.59 Å². The Kier molecular flexibility index (Phi) is 8.67. The van der Waals surface area contributed by atoms with E-state index in [1.165, 1.54) is 11.8 Å². The molecule has 0 aromatic heterocycles. The molecular weight excluding hydrogens is 415 g/mol. The molecule has 2 aromatic carbocycles. The van der Waals surface area contributed by atoms with E-state index in [2.05, 4.69) is 5.32 Å². The van der Waals surface area contributed by atoms with Crippen LogP contribution in [0.4, 0.5) is 0 Å². The van der Waals surface area contributed by atoms with Crippen LogP contribution < -0.4 is 5.32 Å². The van der Waals surface area contributed by atoms with Gasteiger partial charge < -0.3 is 10.2 Å². The molecule has 2 aromatic rings. The predicted octanol–water partition coefficient (Wildman–Crippen LogP) is 4.70. The van der Waals surface area contributed by atoms with Gasteiger partial charge in [0.15, 0.2) is 0 Å². The third kappa shape index (κ3) is 6.43. The number of hydrogen-bond donors (Lipinski definition) is 1. The van der Waals surface area contributed by atoms with Gasteiger partial charge in [0.05, 0.1) is 5.75 Å². The molecule has 0 spiro atoms. The molecule has 0 aliphatic heterocycles. The molecule has 0 aliphatic carbocycles. The average Bonchev–Trinajstić information content (AvgIpc) is 2.66. The Bertz CT molecular complexity index is 845. The number of likely N-dealkylation sites (N-methyl/N-ethyl adjacent to an activating group) is 1. The Morgan fingerprint density at radius 2 is 1.93 bits per heavy atom. The number of rotatable bonds is 8. The number of amides is 2. The minimum absolute atomic E-state index is 0.0901. The molecule has 7 heteroatoms. The van der Waals surface area contributed by atoms with Crippen molar-refractivity contribution in [3.63, 3.8) is 0 Å². The lowest BCUT2D eigenvalue weighted by molar-refractivity contribution is -0.138. The van der Waals surface area contributed by atoms with Gasteiger partial charge in [0, 0.05) is 29.4 Å². The highest BCUT2D eigenvalue weighted by molar-refractivity contribution is 7.99. The molecular formula is C21H24Cl2N2O2S. The first-order valence-electron chi connectivity index (χ1n) is 8.90. The van der Waals surface area contributed by atoms with E-state index in [-0.39, 0.29) is 17.6 Å². The summed E-state index contributed by atoms with van der Waals surface area (Å²) >= 11 is 13.6. The Hall–Kier alpha value is -1.69. The van der Waals surface area contributed by atoms with Crippen LogP contribution in [0.15, 0.2) is 42.5 Å². The van der Waals surface area contributed by atoms with Crippen molar-refractivity contribution in [2.75, 3.05) is 12.8 Å². The lowest BCUT2D eigenvalue weighted by atomic mass is 10.1. The van der Waals surface area contributed by atoms with Gasteiger partial charge in [-0.05, 0) is 37.1 Å². The second-order valence-electron chi connectivity index (χ2n) is 6.53.